The molecular weight excluding hydrogens is 396 g/mol. The summed E-state index contributed by atoms with van der Waals surface area (Å²) in [7, 11) is 1.64. The Bertz CT molecular complexity index is 1120. The zero-order valence-corrected chi connectivity index (χ0v) is 17.9. The number of methoxy groups -OCH3 is 1. The van der Waals surface area contributed by atoms with E-state index in [9.17, 15) is 4.79 Å². The number of carbonyl (C=O) groups excluding carboxylic acids is 1. The first kappa shape index (κ1) is 20.1. The first-order valence-corrected chi connectivity index (χ1v) is 10.7. The SMILES string of the molecule is COc1ccc(CC(=O)N(CCCn2ccnc2)c2nc3ccc(C)cc3s2)cc1. The van der Waals surface area contributed by atoms with Gasteiger partial charge in [-0.05, 0) is 48.7 Å². The summed E-state index contributed by atoms with van der Waals surface area (Å²) in [5.74, 6) is 0.825. The van der Waals surface area contributed by atoms with Crippen LogP contribution in [0.25, 0.3) is 10.2 Å². The molecule has 0 unspecified atom stereocenters. The molecule has 0 saturated heterocycles. The van der Waals surface area contributed by atoms with Crippen molar-refractivity contribution in [1.29, 1.82) is 0 Å². The molecule has 0 saturated carbocycles. The van der Waals surface area contributed by atoms with Gasteiger partial charge in [0.2, 0.25) is 5.91 Å². The number of benzene rings is 2. The Kier molecular flexibility index (Phi) is 6.09. The third-order valence-corrected chi connectivity index (χ3v) is 5.98. The third-order valence-electron chi connectivity index (χ3n) is 4.94. The Morgan fingerprint density at radius 3 is 2.77 bits per heavy atom. The minimum atomic E-state index is 0.0431. The van der Waals surface area contributed by atoms with Gasteiger partial charge in [-0.2, -0.15) is 0 Å². The lowest BCUT2D eigenvalue weighted by molar-refractivity contribution is -0.118. The van der Waals surface area contributed by atoms with Gasteiger partial charge < -0.3 is 9.30 Å². The number of thiazole rings is 1. The summed E-state index contributed by atoms with van der Waals surface area (Å²) in [5.41, 5.74) is 3.07. The average molecular weight is 421 g/mol. The van der Waals surface area contributed by atoms with Crippen molar-refractivity contribution in [1.82, 2.24) is 14.5 Å². The maximum Gasteiger partial charge on any atom is 0.233 e. The van der Waals surface area contributed by atoms with Crippen LogP contribution in [0.2, 0.25) is 0 Å². The fourth-order valence-corrected chi connectivity index (χ4v) is 4.41. The van der Waals surface area contributed by atoms with Crippen LogP contribution in [0, 0.1) is 6.92 Å². The number of aromatic nitrogens is 3. The number of hydrogen-bond acceptors (Lipinski definition) is 5. The van der Waals surface area contributed by atoms with E-state index in [2.05, 4.69) is 18.0 Å². The number of hydrogen-bond donors (Lipinski definition) is 0. The molecule has 0 bridgehead atoms. The average Bonchev–Trinajstić information content (AvgIpc) is 3.41. The minimum absolute atomic E-state index is 0.0431. The van der Waals surface area contributed by atoms with Gasteiger partial charge in [-0.25, -0.2) is 9.97 Å². The van der Waals surface area contributed by atoms with Gasteiger partial charge in [-0.1, -0.05) is 29.5 Å². The smallest absolute Gasteiger partial charge is 0.233 e. The number of imidazole rings is 1. The summed E-state index contributed by atoms with van der Waals surface area (Å²) in [6.07, 6.45) is 6.64. The normalized spacial score (nSPS) is 11.0. The lowest BCUT2D eigenvalue weighted by atomic mass is 10.1. The summed E-state index contributed by atoms with van der Waals surface area (Å²) in [6.45, 7) is 3.47. The zero-order chi connectivity index (χ0) is 20.9. The number of aryl methyl sites for hydroxylation is 2. The number of amides is 1. The van der Waals surface area contributed by atoms with Crippen LogP contribution in [-0.4, -0.2) is 34.1 Å². The van der Waals surface area contributed by atoms with Gasteiger partial charge in [0, 0.05) is 25.5 Å². The van der Waals surface area contributed by atoms with Crippen molar-refractivity contribution in [2.24, 2.45) is 0 Å². The second-order valence-corrected chi connectivity index (χ2v) is 8.20. The van der Waals surface area contributed by atoms with Crippen LogP contribution < -0.4 is 9.64 Å². The number of ether oxygens (including phenoxy) is 1. The van der Waals surface area contributed by atoms with E-state index in [1.54, 1.807) is 31.0 Å². The molecule has 2 heterocycles. The van der Waals surface area contributed by atoms with E-state index in [0.717, 1.165) is 39.6 Å². The zero-order valence-electron chi connectivity index (χ0n) is 17.1. The number of rotatable bonds is 8. The number of fused-ring (bicyclic) bond motifs is 1. The Morgan fingerprint density at radius 1 is 1.20 bits per heavy atom. The summed E-state index contributed by atoms with van der Waals surface area (Å²) in [4.78, 5) is 23.9. The maximum atomic E-state index is 13.2. The molecule has 2 aromatic carbocycles. The highest BCUT2D eigenvalue weighted by molar-refractivity contribution is 7.22. The summed E-state index contributed by atoms with van der Waals surface area (Å²) >= 11 is 1.57. The van der Waals surface area contributed by atoms with E-state index >= 15 is 0 Å². The molecule has 0 radical (unpaired) electrons. The monoisotopic (exact) mass is 420 g/mol. The second-order valence-electron chi connectivity index (χ2n) is 7.19. The third kappa shape index (κ3) is 4.68. The molecule has 0 aliphatic carbocycles. The van der Waals surface area contributed by atoms with Crippen molar-refractivity contribution in [2.75, 3.05) is 18.6 Å². The van der Waals surface area contributed by atoms with Crippen LogP contribution in [0.3, 0.4) is 0 Å². The highest BCUT2D eigenvalue weighted by Gasteiger charge is 2.20. The van der Waals surface area contributed by atoms with Crippen LogP contribution >= 0.6 is 11.3 Å². The van der Waals surface area contributed by atoms with E-state index in [0.29, 0.717) is 13.0 Å². The number of anilines is 1. The molecule has 0 aliphatic rings. The summed E-state index contributed by atoms with van der Waals surface area (Å²) in [6, 6.07) is 13.8. The molecule has 30 heavy (non-hydrogen) atoms. The van der Waals surface area contributed by atoms with Crippen molar-refractivity contribution in [3.05, 3.63) is 72.3 Å². The first-order chi connectivity index (χ1) is 14.6. The van der Waals surface area contributed by atoms with Gasteiger partial charge in [-0.15, -0.1) is 0 Å². The second kappa shape index (κ2) is 9.09. The largest absolute Gasteiger partial charge is 0.497 e. The Hall–Kier alpha value is -3.19. The van der Waals surface area contributed by atoms with Crippen LogP contribution in [0.1, 0.15) is 17.5 Å². The molecule has 4 aromatic rings. The first-order valence-electron chi connectivity index (χ1n) is 9.88. The van der Waals surface area contributed by atoms with Crippen molar-refractivity contribution in [3.8, 4) is 5.75 Å². The Morgan fingerprint density at radius 2 is 2.03 bits per heavy atom. The van der Waals surface area contributed by atoms with Gasteiger partial charge in [0.05, 0.1) is 30.1 Å². The highest BCUT2D eigenvalue weighted by Crippen LogP contribution is 2.30. The van der Waals surface area contributed by atoms with Crippen molar-refractivity contribution >= 4 is 32.6 Å². The number of nitrogens with zero attached hydrogens (tertiary/aromatic N) is 4. The Balaban J connectivity index is 1.55. The maximum absolute atomic E-state index is 13.2. The van der Waals surface area contributed by atoms with Gasteiger partial charge in [0.1, 0.15) is 5.75 Å². The van der Waals surface area contributed by atoms with E-state index in [4.69, 9.17) is 9.72 Å². The molecule has 0 atom stereocenters. The van der Waals surface area contributed by atoms with Gasteiger partial charge in [0.25, 0.3) is 0 Å². The molecule has 6 nitrogen and oxygen atoms in total. The molecule has 2 aromatic heterocycles. The van der Waals surface area contributed by atoms with Gasteiger partial charge in [0.15, 0.2) is 5.13 Å². The fraction of sp³-hybridized carbons (Fsp3) is 0.261. The molecule has 0 fully saturated rings. The topological polar surface area (TPSA) is 60.2 Å². The van der Waals surface area contributed by atoms with Crippen molar-refractivity contribution < 1.29 is 9.53 Å². The minimum Gasteiger partial charge on any atom is -0.497 e. The predicted molar refractivity (Wildman–Crippen MR) is 120 cm³/mol. The summed E-state index contributed by atoms with van der Waals surface area (Å²) < 4.78 is 8.33. The van der Waals surface area contributed by atoms with Crippen LogP contribution in [0.4, 0.5) is 5.13 Å². The van der Waals surface area contributed by atoms with E-state index in [1.807, 2.05) is 52.1 Å². The van der Waals surface area contributed by atoms with Crippen LogP contribution in [0.15, 0.2) is 61.2 Å². The lowest BCUT2D eigenvalue weighted by Crippen LogP contribution is -2.33. The molecule has 0 N–H and O–H groups in total. The van der Waals surface area contributed by atoms with Gasteiger partial charge in [-0.3, -0.25) is 9.69 Å². The quantitative estimate of drug-likeness (QED) is 0.422. The van der Waals surface area contributed by atoms with E-state index in [-0.39, 0.29) is 5.91 Å². The Labute approximate surface area is 179 Å². The fourth-order valence-electron chi connectivity index (χ4n) is 3.31. The standard InChI is InChI=1S/C23H24N4O2S/c1-17-4-9-20-21(14-17)30-23(25-20)27(12-3-11-26-13-10-24-16-26)22(28)15-18-5-7-19(29-2)8-6-18/h4-10,13-14,16H,3,11-12,15H2,1-2H3. The summed E-state index contributed by atoms with van der Waals surface area (Å²) in [5, 5.41) is 0.750. The van der Waals surface area contributed by atoms with Crippen LogP contribution in [-0.2, 0) is 17.8 Å². The van der Waals surface area contributed by atoms with Crippen molar-refractivity contribution in [2.45, 2.75) is 26.3 Å². The van der Waals surface area contributed by atoms with Crippen molar-refractivity contribution in [3.63, 3.8) is 0 Å². The molecule has 4 rings (SSSR count). The predicted octanol–water partition coefficient (Wildman–Crippen LogP) is 4.48. The molecule has 0 aliphatic heterocycles. The number of carbonyl (C=O) groups is 1. The van der Waals surface area contributed by atoms with Crippen LogP contribution in [0.5, 0.6) is 5.75 Å². The van der Waals surface area contributed by atoms with E-state index in [1.165, 1.54) is 5.56 Å². The van der Waals surface area contributed by atoms with E-state index < -0.39 is 0 Å². The molecular formula is C23H24N4O2S. The molecule has 0 spiro atoms. The molecule has 154 valence electrons. The molecule has 7 heteroatoms. The van der Waals surface area contributed by atoms with Gasteiger partial charge >= 0.3 is 0 Å². The lowest BCUT2D eigenvalue weighted by Gasteiger charge is -2.20. The highest BCUT2D eigenvalue weighted by atomic mass is 32.1. The molecule has 1 amide bonds.